The van der Waals surface area contributed by atoms with Crippen LogP contribution in [0.2, 0.25) is 0 Å². The van der Waals surface area contributed by atoms with Gasteiger partial charge in [-0.1, -0.05) is 60.7 Å². The fraction of sp³-hybridized carbons (Fsp3) is 0.200. The summed E-state index contributed by atoms with van der Waals surface area (Å²) < 4.78 is 33.2. The van der Waals surface area contributed by atoms with Gasteiger partial charge in [0.15, 0.2) is 0 Å². The number of nitrogens with one attached hydrogen (secondary N) is 1. The zero-order valence-corrected chi connectivity index (χ0v) is 19.3. The lowest BCUT2D eigenvalue weighted by atomic mass is 9.98. The van der Waals surface area contributed by atoms with Crippen molar-refractivity contribution in [3.05, 3.63) is 106 Å². The van der Waals surface area contributed by atoms with E-state index >= 15 is 0 Å². The monoisotopic (exact) mass is 519 g/mol. The van der Waals surface area contributed by atoms with Crippen molar-refractivity contribution in [1.82, 2.24) is 9.88 Å². The number of carboxylic acids is 2. The summed E-state index contributed by atoms with van der Waals surface area (Å²) in [6.45, 7) is 0.0976. The van der Waals surface area contributed by atoms with Crippen LogP contribution in [0.1, 0.15) is 33.9 Å². The van der Waals surface area contributed by atoms with Crippen molar-refractivity contribution >= 4 is 17.8 Å². The largest absolute Gasteiger partial charge is 0.490 e. The SMILES string of the molecule is NCC[C@H](NC(=O)c1cccn(C(c2ccccc2)c2ccccc2)c1=O)C(=O)O.O=C(O)C(F)(F)F. The Morgan fingerprint density at radius 2 is 1.38 bits per heavy atom. The third-order valence-corrected chi connectivity index (χ3v) is 5.03. The molecule has 3 rings (SSSR count). The van der Waals surface area contributed by atoms with Gasteiger partial charge in [-0.3, -0.25) is 9.59 Å². The highest BCUT2D eigenvalue weighted by molar-refractivity contribution is 5.96. The van der Waals surface area contributed by atoms with Gasteiger partial charge in [0, 0.05) is 6.20 Å². The Morgan fingerprint density at radius 1 is 0.892 bits per heavy atom. The van der Waals surface area contributed by atoms with Gasteiger partial charge in [0.2, 0.25) is 0 Å². The Labute approximate surface area is 209 Å². The smallest absolute Gasteiger partial charge is 0.480 e. The lowest BCUT2D eigenvalue weighted by molar-refractivity contribution is -0.192. The number of carboxylic acid groups (broad SMARTS) is 2. The summed E-state index contributed by atoms with van der Waals surface area (Å²) in [5.74, 6) is -4.70. The molecule has 1 atom stereocenters. The number of amides is 1. The molecule has 1 heterocycles. The maximum Gasteiger partial charge on any atom is 0.490 e. The van der Waals surface area contributed by atoms with E-state index in [1.165, 1.54) is 10.6 Å². The number of carbonyl (C=O) groups excluding carboxylic acids is 1. The number of nitrogens with two attached hydrogens (primary N) is 1. The number of halogens is 3. The number of carbonyl (C=O) groups is 3. The Morgan fingerprint density at radius 3 is 1.78 bits per heavy atom. The predicted octanol–water partition coefficient (Wildman–Crippen LogP) is 2.65. The second-order valence-corrected chi connectivity index (χ2v) is 7.60. The minimum Gasteiger partial charge on any atom is -0.480 e. The van der Waals surface area contributed by atoms with Crippen LogP contribution in [0.5, 0.6) is 0 Å². The predicted molar refractivity (Wildman–Crippen MR) is 127 cm³/mol. The first-order valence-corrected chi connectivity index (χ1v) is 10.8. The highest BCUT2D eigenvalue weighted by Crippen LogP contribution is 2.25. The molecule has 1 amide bonds. The standard InChI is InChI=1S/C23H23N3O4.C2HF3O2/c24-14-13-19(23(29)30)25-21(27)18-12-7-15-26(22(18)28)20(16-8-3-1-4-9-16)17-10-5-2-6-11-17;3-2(4,5)1(6)7/h1-12,15,19-20H,13-14,24H2,(H,25,27)(H,29,30);(H,6,7)/t19-;/m0./s1. The first kappa shape index (κ1) is 28.8. The molecule has 2 aromatic carbocycles. The number of aliphatic carboxylic acids is 2. The number of hydrogen-bond acceptors (Lipinski definition) is 5. The molecule has 0 aliphatic heterocycles. The number of alkyl halides is 3. The van der Waals surface area contributed by atoms with Crippen LogP contribution in [-0.2, 0) is 9.59 Å². The van der Waals surface area contributed by atoms with Crippen LogP contribution < -0.4 is 16.6 Å². The van der Waals surface area contributed by atoms with E-state index in [0.29, 0.717) is 0 Å². The van der Waals surface area contributed by atoms with E-state index in [9.17, 15) is 32.7 Å². The van der Waals surface area contributed by atoms with E-state index in [1.54, 1.807) is 12.3 Å². The van der Waals surface area contributed by atoms with Gasteiger partial charge in [0.1, 0.15) is 11.6 Å². The summed E-state index contributed by atoms with van der Waals surface area (Å²) in [4.78, 5) is 46.1. The van der Waals surface area contributed by atoms with E-state index in [1.807, 2.05) is 60.7 Å². The highest BCUT2D eigenvalue weighted by atomic mass is 19.4. The number of nitrogens with zero attached hydrogens (tertiary/aromatic N) is 1. The van der Waals surface area contributed by atoms with Crippen molar-refractivity contribution in [2.45, 2.75) is 24.7 Å². The Hall–Kier alpha value is -4.45. The molecule has 1 aromatic heterocycles. The molecular formula is C25H24F3N3O6. The van der Waals surface area contributed by atoms with E-state index in [0.717, 1.165) is 11.1 Å². The van der Waals surface area contributed by atoms with Crippen LogP contribution in [-0.4, -0.2) is 51.4 Å². The molecule has 0 spiro atoms. The Kier molecular flexibility index (Phi) is 10.1. The number of rotatable bonds is 8. The van der Waals surface area contributed by atoms with Crippen molar-refractivity contribution in [2.24, 2.45) is 5.73 Å². The van der Waals surface area contributed by atoms with Crippen LogP contribution >= 0.6 is 0 Å². The van der Waals surface area contributed by atoms with Gasteiger partial charge in [-0.2, -0.15) is 13.2 Å². The van der Waals surface area contributed by atoms with E-state index < -0.39 is 41.7 Å². The molecule has 37 heavy (non-hydrogen) atoms. The van der Waals surface area contributed by atoms with Crippen molar-refractivity contribution in [3.63, 3.8) is 0 Å². The molecule has 0 radical (unpaired) electrons. The van der Waals surface area contributed by atoms with Crippen LogP contribution in [0.15, 0.2) is 83.8 Å². The van der Waals surface area contributed by atoms with Crippen LogP contribution in [0, 0.1) is 0 Å². The molecule has 196 valence electrons. The zero-order chi connectivity index (χ0) is 27.6. The molecule has 0 saturated heterocycles. The van der Waals surface area contributed by atoms with Gasteiger partial charge in [-0.05, 0) is 36.2 Å². The molecular weight excluding hydrogens is 495 g/mol. The number of benzene rings is 2. The summed E-state index contributed by atoms with van der Waals surface area (Å²) in [7, 11) is 0. The third kappa shape index (κ3) is 8.04. The lowest BCUT2D eigenvalue weighted by Gasteiger charge is -2.22. The molecule has 9 nitrogen and oxygen atoms in total. The molecule has 0 fully saturated rings. The summed E-state index contributed by atoms with van der Waals surface area (Å²) in [5, 5.41) is 18.8. The zero-order valence-electron chi connectivity index (χ0n) is 19.3. The maximum atomic E-state index is 13.2. The van der Waals surface area contributed by atoms with Crippen LogP contribution in [0.25, 0.3) is 0 Å². The minimum absolute atomic E-state index is 0.0682. The minimum atomic E-state index is -5.08. The third-order valence-electron chi connectivity index (χ3n) is 5.03. The average Bonchev–Trinajstić information content (AvgIpc) is 2.86. The number of hydrogen-bond donors (Lipinski definition) is 4. The Balaban J connectivity index is 0.000000604. The van der Waals surface area contributed by atoms with E-state index in [4.69, 9.17) is 15.6 Å². The number of aromatic nitrogens is 1. The topological polar surface area (TPSA) is 152 Å². The van der Waals surface area contributed by atoms with E-state index in [2.05, 4.69) is 5.32 Å². The summed E-state index contributed by atoms with van der Waals surface area (Å²) in [6, 6.07) is 20.4. The van der Waals surface area contributed by atoms with Gasteiger partial charge in [-0.15, -0.1) is 0 Å². The van der Waals surface area contributed by atoms with Crippen LogP contribution in [0.4, 0.5) is 13.2 Å². The molecule has 0 aliphatic carbocycles. The second kappa shape index (κ2) is 13.0. The first-order valence-electron chi connectivity index (χ1n) is 10.8. The normalized spacial score (nSPS) is 11.7. The fourth-order valence-corrected chi connectivity index (χ4v) is 3.33. The first-order chi connectivity index (χ1) is 17.5. The molecule has 0 unspecified atom stereocenters. The van der Waals surface area contributed by atoms with Gasteiger partial charge in [-0.25, -0.2) is 9.59 Å². The molecule has 0 saturated carbocycles. The molecule has 5 N–H and O–H groups in total. The lowest BCUT2D eigenvalue weighted by Crippen LogP contribution is -2.44. The molecule has 0 aliphatic rings. The van der Waals surface area contributed by atoms with Gasteiger partial charge < -0.3 is 25.8 Å². The van der Waals surface area contributed by atoms with Gasteiger partial charge >= 0.3 is 18.1 Å². The molecule has 0 bridgehead atoms. The van der Waals surface area contributed by atoms with Crippen molar-refractivity contribution in [3.8, 4) is 0 Å². The maximum absolute atomic E-state index is 13.2. The van der Waals surface area contributed by atoms with Crippen molar-refractivity contribution in [1.29, 1.82) is 0 Å². The second-order valence-electron chi connectivity index (χ2n) is 7.60. The quantitative estimate of drug-likeness (QED) is 0.357. The average molecular weight is 519 g/mol. The van der Waals surface area contributed by atoms with Gasteiger partial charge in [0.25, 0.3) is 11.5 Å². The van der Waals surface area contributed by atoms with Crippen molar-refractivity contribution < 1.29 is 37.8 Å². The summed E-state index contributed by atoms with van der Waals surface area (Å²) in [6.07, 6.45) is -3.39. The summed E-state index contributed by atoms with van der Waals surface area (Å²) >= 11 is 0. The molecule has 3 aromatic rings. The molecule has 12 heteroatoms. The Bertz CT molecular complexity index is 1220. The number of pyridine rings is 1. The van der Waals surface area contributed by atoms with Crippen LogP contribution in [0.3, 0.4) is 0 Å². The van der Waals surface area contributed by atoms with Crippen molar-refractivity contribution in [2.75, 3.05) is 6.54 Å². The summed E-state index contributed by atoms with van der Waals surface area (Å²) in [5.41, 5.74) is 6.56. The van der Waals surface area contributed by atoms with E-state index in [-0.39, 0.29) is 18.5 Å². The highest BCUT2D eigenvalue weighted by Gasteiger charge is 2.38. The van der Waals surface area contributed by atoms with Gasteiger partial charge in [0.05, 0.1) is 6.04 Å². The fourth-order valence-electron chi connectivity index (χ4n) is 3.33.